The van der Waals surface area contributed by atoms with Gasteiger partial charge in [-0.3, -0.25) is 0 Å². The third-order valence-electron chi connectivity index (χ3n) is 1.57. The zero-order chi connectivity index (χ0) is 6.81. The summed E-state index contributed by atoms with van der Waals surface area (Å²) in [4.78, 5) is 3.15. The molecule has 0 bridgehead atoms. The van der Waals surface area contributed by atoms with Crippen LogP contribution in [-0.2, 0) is 0 Å². The van der Waals surface area contributed by atoms with Crippen molar-refractivity contribution in [1.82, 2.24) is 0 Å². The normalized spacial score (nSPS) is 9.09. The molecule has 1 aromatic heterocycles. The summed E-state index contributed by atoms with van der Waals surface area (Å²) >= 11 is 0. The summed E-state index contributed by atoms with van der Waals surface area (Å²) in [6, 6.07) is 12.3. The van der Waals surface area contributed by atoms with Crippen molar-refractivity contribution in [3.05, 3.63) is 42.6 Å². The van der Waals surface area contributed by atoms with Crippen LogP contribution >= 0.6 is 0 Å². The van der Waals surface area contributed by atoms with Gasteiger partial charge in [0.2, 0.25) is 5.52 Å². The van der Waals surface area contributed by atoms with Gasteiger partial charge in [0, 0.05) is 17.5 Å². The van der Waals surface area contributed by atoms with Crippen molar-refractivity contribution in [3.63, 3.8) is 0 Å². The van der Waals surface area contributed by atoms with Gasteiger partial charge in [0.15, 0.2) is 6.20 Å². The fourth-order valence-corrected chi connectivity index (χ4v) is 1.06. The number of halogens is 1. The summed E-state index contributed by atoms with van der Waals surface area (Å²) < 4.78 is 0. The molecule has 2 heteroatoms. The molecule has 0 aliphatic carbocycles. The average molecular weight is 166 g/mol. The van der Waals surface area contributed by atoms with E-state index >= 15 is 0 Å². The minimum Gasteiger partial charge on any atom is -1.00 e. The molecule has 0 amide bonds. The van der Waals surface area contributed by atoms with Gasteiger partial charge in [-0.1, -0.05) is 12.1 Å². The molecule has 2 rings (SSSR count). The van der Waals surface area contributed by atoms with Gasteiger partial charge in [0.05, 0.1) is 0 Å². The van der Waals surface area contributed by atoms with Gasteiger partial charge in [-0.25, -0.2) is 4.98 Å². The Morgan fingerprint density at radius 3 is 2.45 bits per heavy atom. The van der Waals surface area contributed by atoms with Gasteiger partial charge >= 0.3 is 0 Å². The number of benzene rings is 1. The molecular weight excluding hydrogens is 158 g/mol. The first-order chi connectivity index (χ1) is 4.97. The Morgan fingerprint density at radius 1 is 0.909 bits per heavy atom. The Morgan fingerprint density at radius 2 is 1.64 bits per heavy atom. The largest absolute Gasteiger partial charge is 1.00 e. The van der Waals surface area contributed by atoms with E-state index in [4.69, 9.17) is 0 Å². The highest BCUT2D eigenvalue weighted by Gasteiger charge is 1.92. The van der Waals surface area contributed by atoms with Crippen LogP contribution in [0.25, 0.3) is 10.9 Å². The molecule has 1 nitrogen and oxygen atoms in total. The van der Waals surface area contributed by atoms with Crippen molar-refractivity contribution >= 4 is 10.9 Å². The highest BCUT2D eigenvalue weighted by Crippen LogP contribution is 2.04. The molecule has 0 aliphatic heterocycles. The van der Waals surface area contributed by atoms with Crippen molar-refractivity contribution in [2.24, 2.45) is 0 Å². The number of fused-ring (bicyclic) bond motifs is 1. The Bertz CT molecular complexity index is 281. The third-order valence-corrected chi connectivity index (χ3v) is 1.57. The SMILES string of the molecule is [Cl-].c1ccc2[nH+]cccc2c1. The monoisotopic (exact) mass is 165 g/mol. The molecule has 0 spiro atoms. The lowest BCUT2D eigenvalue weighted by Gasteiger charge is -1.85. The topological polar surface area (TPSA) is 14.1 Å². The van der Waals surface area contributed by atoms with E-state index in [1.165, 1.54) is 10.9 Å². The van der Waals surface area contributed by atoms with Crippen molar-refractivity contribution in [2.75, 3.05) is 0 Å². The molecule has 2 aromatic rings. The lowest BCUT2D eigenvalue weighted by atomic mass is 10.2. The predicted molar refractivity (Wildman–Crippen MR) is 40.5 cm³/mol. The van der Waals surface area contributed by atoms with Crippen LogP contribution in [0.2, 0.25) is 0 Å². The molecule has 1 heterocycles. The molecular formula is C9H8ClN. The first-order valence-electron chi connectivity index (χ1n) is 3.32. The van der Waals surface area contributed by atoms with Crippen LogP contribution in [0, 0.1) is 0 Å². The smallest absolute Gasteiger partial charge is 0.210 e. The standard InChI is InChI=1S/C9H7N.ClH/c1-2-6-9-8(4-1)5-3-7-10-9;/h1-7H;1H. The third kappa shape index (κ3) is 1.49. The van der Waals surface area contributed by atoms with Crippen LogP contribution in [0.4, 0.5) is 0 Å². The number of aromatic amines is 1. The number of pyridine rings is 1. The minimum atomic E-state index is 0. The van der Waals surface area contributed by atoms with Crippen LogP contribution in [0.1, 0.15) is 0 Å². The van der Waals surface area contributed by atoms with Gasteiger partial charge in [-0.2, -0.15) is 0 Å². The molecule has 0 aliphatic rings. The second-order valence-corrected chi connectivity index (χ2v) is 2.26. The maximum Gasteiger partial charge on any atom is 0.210 e. The summed E-state index contributed by atoms with van der Waals surface area (Å²) in [5.41, 5.74) is 1.19. The van der Waals surface area contributed by atoms with Gasteiger partial charge < -0.3 is 12.4 Å². The highest BCUT2D eigenvalue weighted by atomic mass is 35.5. The van der Waals surface area contributed by atoms with Gasteiger partial charge in [-0.15, -0.1) is 0 Å². The van der Waals surface area contributed by atoms with Crippen LogP contribution in [0.15, 0.2) is 42.6 Å². The first-order valence-corrected chi connectivity index (χ1v) is 3.32. The number of aromatic nitrogens is 1. The Kier molecular flexibility index (Phi) is 2.44. The van der Waals surface area contributed by atoms with Crippen molar-refractivity contribution in [2.45, 2.75) is 0 Å². The average Bonchev–Trinajstić information content (AvgIpc) is 2.05. The van der Waals surface area contributed by atoms with E-state index in [2.05, 4.69) is 23.2 Å². The molecule has 1 N–H and O–H groups in total. The van der Waals surface area contributed by atoms with Crippen molar-refractivity contribution < 1.29 is 17.4 Å². The van der Waals surface area contributed by atoms with E-state index < -0.39 is 0 Å². The van der Waals surface area contributed by atoms with E-state index in [1.807, 2.05) is 24.4 Å². The Balaban J connectivity index is 0.000000605. The molecule has 0 radical (unpaired) electrons. The number of para-hydroxylation sites is 1. The van der Waals surface area contributed by atoms with Gasteiger partial charge in [0.25, 0.3) is 0 Å². The van der Waals surface area contributed by atoms with Crippen molar-refractivity contribution in [3.8, 4) is 0 Å². The summed E-state index contributed by atoms with van der Waals surface area (Å²) in [7, 11) is 0. The molecule has 0 saturated heterocycles. The minimum absolute atomic E-state index is 0. The number of hydrogen-bond donors (Lipinski definition) is 0. The summed E-state index contributed by atoms with van der Waals surface area (Å²) in [6.45, 7) is 0. The number of rotatable bonds is 0. The predicted octanol–water partition coefficient (Wildman–Crippen LogP) is -1.34. The Hall–Kier alpha value is -1.08. The van der Waals surface area contributed by atoms with E-state index in [0.717, 1.165) is 0 Å². The fraction of sp³-hybridized carbons (Fsp3) is 0. The summed E-state index contributed by atoms with van der Waals surface area (Å²) in [5.74, 6) is 0. The van der Waals surface area contributed by atoms with Crippen LogP contribution < -0.4 is 17.4 Å². The fourth-order valence-electron chi connectivity index (χ4n) is 1.06. The van der Waals surface area contributed by atoms with Crippen LogP contribution in [0.5, 0.6) is 0 Å². The summed E-state index contributed by atoms with van der Waals surface area (Å²) in [5, 5.41) is 1.25. The molecule has 1 aromatic carbocycles. The molecule has 56 valence electrons. The van der Waals surface area contributed by atoms with E-state index in [1.54, 1.807) is 0 Å². The van der Waals surface area contributed by atoms with E-state index in [-0.39, 0.29) is 12.4 Å². The maximum absolute atomic E-state index is 3.15. The zero-order valence-electron chi connectivity index (χ0n) is 5.92. The molecule has 0 unspecified atom stereocenters. The second-order valence-electron chi connectivity index (χ2n) is 2.26. The van der Waals surface area contributed by atoms with Gasteiger partial charge in [0.1, 0.15) is 0 Å². The van der Waals surface area contributed by atoms with E-state index in [9.17, 15) is 0 Å². The van der Waals surface area contributed by atoms with Gasteiger partial charge in [-0.05, 0) is 12.1 Å². The molecule has 0 atom stereocenters. The zero-order valence-corrected chi connectivity index (χ0v) is 6.68. The van der Waals surface area contributed by atoms with Crippen LogP contribution in [0.3, 0.4) is 0 Å². The molecule has 0 saturated carbocycles. The molecule has 11 heavy (non-hydrogen) atoms. The van der Waals surface area contributed by atoms with Crippen molar-refractivity contribution in [1.29, 1.82) is 0 Å². The number of H-pyrrole nitrogens is 1. The highest BCUT2D eigenvalue weighted by molar-refractivity contribution is 5.74. The second kappa shape index (κ2) is 3.35. The summed E-state index contributed by atoms with van der Waals surface area (Å²) in [6.07, 6.45) is 1.93. The Labute approximate surface area is 71.5 Å². The quantitative estimate of drug-likeness (QED) is 0.459. The lowest BCUT2D eigenvalue weighted by molar-refractivity contribution is -0.344. The van der Waals surface area contributed by atoms with E-state index in [0.29, 0.717) is 0 Å². The lowest BCUT2D eigenvalue weighted by Crippen LogP contribution is -3.00. The number of hydrogen-bond acceptors (Lipinski definition) is 0. The molecule has 0 fully saturated rings. The number of nitrogens with one attached hydrogen (secondary N) is 1. The van der Waals surface area contributed by atoms with Crippen LogP contribution in [-0.4, -0.2) is 0 Å². The first kappa shape index (κ1) is 8.02. The maximum atomic E-state index is 3.15.